The molecule has 1 fully saturated rings. The average molecular weight is 450 g/mol. The van der Waals surface area contributed by atoms with Crippen molar-refractivity contribution in [1.82, 2.24) is 14.5 Å². The van der Waals surface area contributed by atoms with Crippen LogP contribution in [0.15, 0.2) is 59.4 Å². The molecule has 168 valence electrons. The highest BCUT2D eigenvalue weighted by Gasteiger charge is 2.27. The molecule has 32 heavy (non-hydrogen) atoms. The molecule has 0 radical (unpaired) electrons. The van der Waals surface area contributed by atoms with Crippen LogP contribution in [0.1, 0.15) is 50.5 Å². The zero-order valence-corrected chi connectivity index (χ0v) is 19.3. The second-order valence-corrected chi connectivity index (χ2v) is 9.04. The van der Waals surface area contributed by atoms with E-state index in [9.17, 15) is 9.59 Å². The lowest BCUT2D eigenvalue weighted by Crippen LogP contribution is -2.35. The van der Waals surface area contributed by atoms with Crippen molar-refractivity contribution in [2.24, 2.45) is 0 Å². The second kappa shape index (κ2) is 10.7. The Morgan fingerprint density at radius 1 is 1.03 bits per heavy atom. The Kier molecular flexibility index (Phi) is 7.53. The third kappa shape index (κ3) is 5.36. The molecule has 3 aromatic rings. The van der Waals surface area contributed by atoms with Gasteiger partial charge < -0.3 is 9.88 Å². The van der Waals surface area contributed by atoms with E-state index in [-0.39, 0.29) is 11.5 Å². The van der Waals surface area contributed by atoms with E-state index in [4.69, 9.17) is 12.2 Å². The third-order valence-electron chi connectivity index (χ3n) is 6.47. The number of nitrogens with one attached hydrogen (secondary N) is 1. The van der Waals surface area contributed by atoms with E-state index in [0.717, 1.165) is 57.0 Å². The number of aryl methyl sites for hydroxylation is 1. The first-order valence-corrected chi connectivity index (χ1v) is 12.1. The van der Waals surface area contributed by atoms with Crippen LogP contribution < -0.4 is 5.56 Å². The Balaban J connectivity index is 1.23. The number of para-hydroxylation sites is 1. The Morgan fingerprint density at radius 2 is 1.81 bits per heavy atom. The molecule has 1 atom stereocenters. The first kappa shape index (κ1) is 22.5. The largest absolute Gasteiger partial charge is 0.340 e. The van der Waals surface area contributed by atoms with Gasteiger partial charge in [0.05, 0.1) is 10.9 Å². The molecule has 0 saturated carbocycles. The molecule has 0 bridgehead atoms. The highest BCUT2D eigenvalue weighted by atomic mass is 32.1. The van der Waals surface area contributed by atoms with Crippen molar-refractivity contribution < 1.29 is 4.79 Å². The van der Waals surface area contributed by atoms with Crippen LogP contribution in [0.5, 0.6) is 0 Å². The Hall–Kier alpha value is -2.73. The standard InChI is InChI=1S/C26H31N3O2S/c30-24(28-19-9-12-21(28)17-16-20-10-3-1-4-11-20)15-5-2-8-18-29-25(31)22-13-6-7-14-23(22)27-26(29)32/h1,3-4,6-7,10-11,13-14,21H,2,5,8-9,12,15-19H2,(H,27,32). The quantitative estimate of drug-likeness (QED) is 0.359. The smallest absolute Gasteiger partial charge is 0.262 e. The molecular weight excluding hydrogens is 418 g/mol. The number of aromatic nitrogens is 2. The molecule has 1 aromatic heterocycles. The molecule has 4 rings (SSSR count). The number of hydrogen-bond donors (Lipinski definition) is 1. The Labute approximate surface area is 194 Å². The highest BCUT2D eigenvalue weighted by molar-refractivity contribution is 7.71. The minimum absolute atomic E-state index is 0.0428. The molecule has 1 aliphatic rings. The predicted octanol–water partition coefficient (Wildman–Crippen LogP) is 5.24. The second-order valence-electron chi connectivity index (χ2n) is 8.65. The summed E-state index contributed by atoms with van der Waals surface area (Å²) in [5.74, 6) is 0.278. The first-order chi connectivity index (χ1) is 15.6. The number of H-pyrrole nitrogens is 1. The van der Waals surface area contributed by atoms with E-state index >= 15 is 0 Å². The van der Waals surface area contributed by atoms with Crippen LogP contribution in [0.3, 0.4) is 0 Å². The fourth-order valence-electron chi connectivity index (χ4n) is 4.71. The van der Waals surface area contributed by atoms with Crippen LogP contribution in [0.4, 0.5) is 0 Å². The van der Waals surface area contributed by atoms with Crippen LogP contribution >= 0.6 is 12.2 Å². The number of amides is 1. The van der Waals surface area contributed by atoms with E-state index in [1.807, 2.05) is 30.3 Å². The van der Waals surface area contributed by atoms with Gasteiger partial charge in [0.1, 0.15) is 0 Å². The van der Waals surface area contributed by atoms with E-state index < -0.39 is 0 Å². The van der Waals surface area contributed by atoms with Crippen LogP contribution in [-0.4, -0.2) is 32.9 Å². The van der Waals surface area contributed by atoms with E-state index in [2.05, 4.69) is 34.1 Å². The molecule has 1 unspecified atom stereocenters. The van der Waals surface area contributed by atoms with Crippen molar-refractivity contribution in [3.63, 3.8) is 0 Å². The van der Waals surface area contributed by atoms with Crippen molar-refractivity contribution >= 4 is 29.0 Å². The third-order valence-corrected chi connectivity index (χ3v) is 6.79. The first-order valence-electron chi connectivity index (χ1n) is 11.7. The van der Waals surface area contributed by atoms with Gasteiger partial charge in [-0.05, 0) is 68.4 Å². The van der Waals surface area contributed by atoms with Crippen molar-refractivity contribution in [2.75, 3.05) is 6.54 Å². The number of likely N-dealkylation sites (tertiary alicyclic amines) is 1. The zero-order chi connectivity index (χ0) is 22.3. The maximum Gasteiger partial charge on any atom is 0.262 e. The van der Waals surface area contributed by atoms with Gasteiger partial charge in [0, 0.05) is 25.6 Å². The van der Waals surface area contributed by atoms with Gasteiger partial charge >= 0.3 is 0 Å². The fourth-order valence-corrected chi connectivity index (χ4v) is 4.99. The summed E-state index contributed by atoms with van der Waals surface area (Å²) in [4.78, 5) is 30.8. The van der Waals surface area contributed by atoms with Crippen LogP contribution in [-0.2, 0) is 17.8 Å². The summed E-state index contributed by atoms with van der Waals surface area (Å²) >= 11 is 5.38. The Morgan fingerprint density at radius 3 is 2.66 bits per heavy atom. The molecule has 1 saturated heterocycles. The van der Waals surface area contributed by atoms with Crippen LogP contribution in [0.2, 0.25) is 0 Å². The summed E-state index contributed by atoms with van der Waals surface area (Å²) in [7, 11) is 0. The lowest BCUT2D eigenvalue weighted by Gasteiger charge is -2.25. The van der Waals surface area contributed by atoms with Gasteiger partial charge in [-0.2, -0.15) is 0 Å². The van der Waals surface area contributed by atoms with Gasteiger partial charge in [-0.25, -0.2) is 0 Å². The summed E-state index contributed by atoms with van der Waals surface area (Å²) in [5.41, 5.74) is 2.07. The Bertz CT molecular complexity index is 1170. The number of carbonyl (C=O) groups excluding carboxylic acids is 1. The van der Waals surface area contributed by atoms with Crippen LogP contribution in [0.25, 0.3) is 10.9 Å². The van der Waals surface area contributed by atoms with Gasteiger partial charge in [-0.15, -0.1) is 0 Å². The summed E-state index contributed by atoms with van der Waals surface area (Å²) in [5, 5.41) is 0.659. The van der Waals surface area contributed by atoms with E-state index in [1.165, 1.54) is 5.56 Å². The van der Waals surface area contributed by atoms with E-state index in [0.29, 0.717) is 29.2 Å². The molecule has 1 N–H and O–H groups in total. The van der Waals surface area contributed by atoms with Crippen molar-refractivity contribution in [3.05, 3.63) is 75.3 Å². The lowest BCUT2D eigenvalue weighted by atomic mass is 10.0. The molecule has 6 heteroatoms. The number of aromatic amines is 1. The summed E-state index contributed by atoms with van der Waals surface area (Å²) in [6.45, 7) is 1.47. The van der Waals surface area contributed by atoms with Gasteiger partial charge in [-0.1, -0.05) is 48.9 Å². The molecule has 2 heterocycles. The van der Waals surface area contributed by atoms with Gasteiger partial charge in [-0.3, -0.25) is 14.2 Å². The fraction of sp³-hybridized carbons (Fsp3) is 0.423. The molecule has 1 aliphatic heterocycles. The molecule has 0 aliphatic carbocycles. The number of carbonyl (C=O) groups is 1. The monoisotopic (exact) mass is 449 g/mol. The van der Waals surface area contributed by atoms with Crippen molar-refractivity contribution in [1.29, 1.82) is 0 Å². The number of nitrogens with zero attached hydrogens (tertiary/aromatic N) is 2. The normalized spacial score (nSPS) is 16.0. The highest BCUT2D eigenvalue weighted by Crippen LogP contribution is 2.23. The number of hydrogen-bond acceptors (Lipinski definition) is 3. The topological polar surface area (TPSA) is 58.1 Å². The van der Waals surface area contributed by atoms with Gasteiger partial charge in [0.15, 0.2) is 4.77 Å². The average Bonchev–Trinajstić information content (AvgIpc) is 3.29. The summed E-state index contributed by atoms with van der Waals surface area (Å²) in [6.07, 6.45) is 7.45. The molecule has 2 aromatic carbocycles. The minimum Gasteiger partial charge on any atom is -0.340 e. The molecular formula is C26H31N3O2S. The molecule has 1 amide bonds. The van der Waals surface area contributed by atoms with E-state index in [1.54, 1.807) is 4.57 Å². The number of rotatable bonds is 9. The summed E-state index contributed by atoms with van der Waals surface area (Å²) < 4.78 is 2.10. The minimum atomic E-state index is -0.0428. The zero-order valence-electron chi connectivity index (χ0n) is 18.5. The van der Waals surface area contributed by atoms with Crippen molar-refractivity contribution in [3.8, 4) is 0 Å². The number of unbranched alkanes of at least 4 members (excludes halogenated alkanes) is 2. The maximum atomic E-state index is 12.8. The van der Waals surface area contributed by atoms with Gasteiger partial charge in [0.2, 0.25) is 5.91 Å². The van der Waals surface area contributed by atoms with Crippen molar-refractivity contribution in [2.45, 2.75) is 64.0 Å². The molecule has 0 spiro atoms. The predicted molar refractivity (Wildman–Crippen MR) is 131 cm³/mol. The van der Waals surface area contributed by atoms with Crippen LogP contribution in [0, 0.1) is 4.77 Å². The number of fused-ring (bicyclic) bond motifs is 1. The SMILES string of the molecule is O=C(CCCCCn1c(=S)[nH]c2ccccc2c1=O)N1CCCC1CCc1ccccc1. The molecule has 5 nitrogen and oxygen atoms in total. The number of benzene rings is 2. The lowest BCUT2D eigenvalue weighted by molar-refractivity contribution is -0.132. The summed E-state index contributed by atoms with van der Waals surface area (Å²) in [6, 6.07) is 18.3. The van der Waals surface area contributed by atoms with Gasteiger partial charge in [0.25, 0.3) is 5.56 Å². The maximum absolute atomic E-state index is 12.8.